The van der Waals surface area contributed by atoms with Crippen LogP contribution in [0.5, 0.6) is 0 Å². The summed E-state index contributed by atoms with van der Waals surface area (Å²) in [6.45, 7) is 5.93. The van der Waals surface area contributed by atoms with Gasteiger partial charge in [-0.15, -0.1) is 0 Å². The molecule has 0 spiro atoms. The summed E-state index contributed by atoms with van der Waals surface area (Å²) in [4.78, 5) is 16.9. The van der Waals surface area contributed by atoms with Crippen LogP contribution in [0.3, 0.4) is 0 Å². The fourth-order valence-corrected chi connectivity index (χ4v) is 3.38. The van der Waals surface area contributed by atoms with Gasteiger partial charge in [-0.05, 0) is 29.8 Å². The molecule has 1 saturated heterocycles. The van der Waals surface area contributed by atoms with Gasteiger partial charge < -0.3 is 10.2 Å². The first-order valence-corrected chi connectivity index (χ1v) is 10.2. The molecule has 1 aliphatic rings. The zero-order valence-corrected chi connectivity index (χ0v) is 17.1. The first-order valence-electron chi connectivity index (χ1n) is 9.41. The number of nitrogens with zero attached hydrogens (tertiary/aromatic N) is 2. The number of rotatable bonds is 7. The van der Waals surface area contributed by atoms with E-state index < -0.39 is 0 Å². The van der Waals surface area contributed by atoms with Crippen molar-refractivity contribution in [2.24, 2.45) is 0 Å². The lowest BCUT2D eigenvalue weighted by Gasteiger charge is -2.34. The number of halogens is 1. The molecule has 0 aliphatic carbocycles. The molecule has 0 radical (unpaired) electrons. The molecule has 1 fully saturated rings. The van der Waals surface area contributed by atoms with Gasteiger partial charge in [-0.25, -0.2) is 0 Å². The highest BCUT2D eigenvalue weighted by Crippen LogP contribution is 2.14. The average molecular weight is 428 g/mol. The molecule has 1 amide bonds. The van der Waals surface area contributed by atoms with Crippen LogP contribution in [-0.4, -0.2) is 55.0 Å². The van der Waals surface area contributed by atoms with Crippen molar-refractivity contribution in [1.29, 1.82) is 0 Å². The third-order valence-corrected chi connectivity index (χ3v) is 5.25. The summed E-state index contributed by atoms with van der Waals surface area (Å²) in [5, 5.41) is 2.95. The van der Waals surface area contributed by atoms with E-state index in [1.807, 2.05) is 30.3 Å². The van der Waals surface area contributed by atoms with Crippen molar-refractivity contribution < 1.29 is 4.79 Å². The van der Waals surface area contributed by atoms with Crippen molar-refractivity contribution >= 4 is 33.6 Å². The van der Waals surface area contributed by atoms with E-state index in [0.29, 0.717) is 6.42 Å². The minimum Gasteiger partial charge on any atom is -0.326 e. The molecular formula is C22H26BrN3O. The number of nitrogens with one attached hydrogen (secondary N) is 1. The van der Waals surface area contributed by atoms with E-state index in [9.17, 15) is 4.79 Å². The summed E-state index contributed by atoms with van der Waals surface area (Å²) in [7, 11) is 0. The third-order valence-electron chi connectivity index (χ3n) is 4.72. The minimum atomic E-state index is 0.0746. The second-order valence-electron chi connectivity index (χ2n) is 6.76. The van der Waals surface area contributed by atoms with E-state index in [-0.39, 0.29) is 5.91 Å². The maximum atomic E-state index is 12.1. The third kappa shape index (κ3) is 6.94. The smallest absolute Gasteiger partial charge is 0.225 e. The summed E-state index contributed by atoms with van der Waals surface area (Å²) in [6, 6.07) is 18.1. The predicted octanol–water partition coefficient (Wildman–Crippen LogP) is 4.11. The molecule has 4 nitrogen and oxygen atoms in total. The van der Waals surface area contributed by atoms with Crippen molar-refractivity contribution in [2.75, 3.05) is 44.6 Å². The van der Waals surface area contributed by atoms with Crippen molar-refractivity contribution in [3.8, 4) is 0 Å². The Labute approximate surface area is 170 Å². The number of anilines is 1. The molecule has 1 heterocycles. The molecule has 2 aromatic carbocycles. The lowest BCUT2D eigenvalue weighted by molar-refractivity contribution is -0.116. The zero-order valence-electron chi connectivity index (χ0n) is 15.5. The molecule has 27 heavy (non-hydrogen) atoms. The first kappa shape index (κ1) is 19.8. The van der Waals surface area contributed by atoms with Crippen LogP contribution in [-0.2, 0) is 4.79 Å². The van der Waals surface area contributed by atoms with E-state index in [2.05, 4.69) is 67.5 Å². The highest BCUT2D eigenvalue weighted by molar-refractivity contribution is 9.10. The quantitative estimate of drug-likeness (QED) is 0.721. The van der Waals surface area contributed by atoms with E-state index in [1.54, 1.807) is 0 Å². The number of hydrogen-bond acceptors (Lipinski definition) is 3. The van der Waals surface area contributed by atoms with E-state index >= 15 is 0 Å². The Morgan fingerprint density at radius 2 is 1.63 bits per heavy atom. The van der Waals surface area contributed by atoms with E-state index in [1.165, 1.54) is 5.56 Å². The SMILES string of the molecule is O=C(CCN1CCN(C/C=C/c2ccccc2)CC1)Nc1ccc(Br)cc1. The van der Waals surface area contributed by atoms with Crippen LogP contribution in [0.4, 0.5) is 5.69 Å². The van der Waals surface area contributed by atoms with Gasteiger partial charge in [0.25, 0.3) is 0 Å². The standard InChI is InChI=1S/C22H26BrN3O/c23-20-8-10-21(11-9-20)24-22(27)12-14-26-17-15-25(16-18-26)13-4-7-19-5-2-1-3-6-19/h1-11H,12-18H2,(H,24,27)/b7-4+. The van der Waals surface area contributed by atoms with Gasteiger partial charge >= 0.3 is 0 Å². The van der Waals surface area contributed by atoms with Crippen LogP contribution in [0, 0.1) is 0 Å². The Bertz CT molecular complexity index is 738. The minimum absolute atomic E-state index is 0.0746. The maximum Gasteiger partial charge on any atom is 0.225 e. The van der Waals surface area contributed by atoms with Crippen LogP contribution < -0.4 is 5.32 Å². The van der Waals surface area contributed by atoms with Crippen LogP contribution in [0.2, 0.25) is 0 Å². The average Bonchev–Trinajstić information content (AvgIpc) is 2.70. The summed E-state index contributed by atoms with van der Waals surface area (Å²) in [5.41, 5.74) is 2.09. The van der Waals surface area contributed by atoms with Gasteiger partial charge in [-0.1, -0.05) is 58.4 Å². The summed E-state index contributed by atoms with van der Waals surface area (Å²) in [6.07, 6.45) is 4.94. The van der Waals surface area contributed by atoms with Crippen molar-refractivity contribution in [3.63, 3.8) is 0 Å². The monoisotopic (exact) mass is 427 g/mol. The highest BCUT2D eigenvalue weighted by Gasteiger charge is 2.16. The van der Waals surface area contributed by atoms with Crippen molar-refractivity contribution in [2.45, 2.75) is 6.42 Å². The molecule has 0 unspecified atom stereocenters. The summed E-state index contributed by atoms with van der Waals surface area (Å²) >= 11 is 3.40. The molecular weight excluding hydrogens is 402 g/mol. The summed E-state index contributed by atoms with van der Waals surface area (Å²) < 4.78 is 1.01. The molecule has 142 valence electrons. The molecule has 0 saturated carbocycles. The zero-order chi connectivity index (χ0) is 18.9. The van der Waals surface area contributed by atoms with Crippen LogP contribution in [0.25, 0.3) is 6.08 Å². The van der Waals surface area contributed by atoms with E-state index in [0.717, 1.165) is 49.4 Å². The predicted molar refractivity (Wildman–Crippen MR) is 116 cm³/mol. The first-order chi connectivity index (χ1) is 13.2. The number of benzene rings is 2. The number of piperazine rings is 1. The molecule has 3 rings (SSSR count). The summed E-state index contributed by atoms with van der Waals surface area (Å²) in [5.74, 6) is 0.0746. The number of hydrogen-bond donors (Lipinski definition) is 1. The van der Waals surface area contributed by atoms with Crippen LogP contribution in [0.15, 0.2) is 65.1 Å². The fraction of sp³-hybridized carbons (Fsp3) is 0.318. The largest absolute Gasteiger partial charge is 0.326 e. The van der Waals surface area contributed by atoms with E-state index in [4.69, 9.17) is 0 Å². The molecule has 0 bridgehead atoms. The van der Waals surface area contributed by atoms with Crippen LogP contribution in [0.1, 0.15) is 12.0 Å². The molecule has 0 atom stereocenters. The van der Waals surface area contributed by atoms with Gasteiger partial charge in [0.15, 0.2) is 0 Å². The van der Waals surface area contributed by atoms with Gasteiger partial charge in [0.2, 0.25) is 5.91 Å². The molecule has 1 aliphatic heterocycles. The fourth-order valence-electron chi connectivity index (χ4n) is 3.11. The van der Waals surface area contributed by atoms with Crippen LogP contribution >= 0.6 is 15.9 Å². The Kier molecular flexibility index (Phi) is 7.63. The Hall–Kier alpha value is -1.95. The number of amides is 1. The number of carbonyl (C=O) groups excluding carboxylic acids is 1. The molecule has 0 aromatic heterocycles. The van der Waals surface area contributed by atoms with Crippen molar-refractivity contribution in [1.82, 2.24) is 9.80 Å². The lowest BCUT2D eigenvalue weighted by Crippen LogP contribution is -2.46. The second kappa shape index (κ2) is 10.4. The molecule has 5 heteroatoms. The van der Waals surface area contributed by atoms with Gasteiger partial charge in [0.1, 0.15) is 0 Å². The molecule has 1 N–H and O–H groups in total. The van der Waals surface area contributed by atoms with Gasteiger partial charge in [0.05, 0.1) is 0 Å². The highest BCUT2D eigenvalue weighted by atomic mass is 79.9. The maximum absolute atomic E-state index is 12.1. The van der Waals surface area contributed by atoms with Gasteiger partial charge in [-0.2, -0.15) is 0 Å². The Balaban J connectivity index is 1.32. The topological polar surface area (TPSA) is 35.6 Å². The normalized spacial score (nSPS) is 15.9. The Morgan fingerprint density at radius 3 is 2.33 bits per heavy atom. The van der Waals surface area contributed by atoms with Gasteiger partial charge in [0, 0.05) is 55.8 Å². The molecule has 2 aromatic rings. The number of carbonyl (C=O) groups is 1. The second-order valence-corrected chi connectivity index (χ2v) is 7.68. The Morgan fingerprint density at radius 1 is 0.963 bits per heavy atom. The van der Waals surface area contributed by atoms with Gasteiger partial charge in [-0.3, -0.25) is 9.69 Å². The van der Waals surface area contributed by atoms with Crippen molar-refractivity contribution in [3.05, 3.63) is 70.7 Å². The lowest BCUT2D eigenvalue weighted by atomic mass is 10.2.